The van der Waals surface area contributed by atoms with Gasteiger partial charge in [0.15, 0.2) is 0 Å². The molecule has 2 aromatic rings. The third kappa shape index (κ3) is 5.97. The minimum Gasteiger partial charge on any atom is -0.354 e. The summed E-state index contributed by atoms with van der Waals surface area (Å²) in [5, 5.41) is 7.93. The summed E-state index contributed by atoms with van der Waals surface area (Å²) >= 11 is 1.68. The lowest BCUT2D eigenvalue weighted by Crippen LogP contribution is -2.37. The van der Waals surface area contributed by atoms with Gasteiger partial charge < -0.3 is 15.5 Å². The summed E-state index contributed by atoms with van der Waals surface area (Å²) in [6, 6.07) is 11.8. The van der Waals surface area contributed by atoms with Crippen molar-refractivity contribution >= 4 is 23.2 Å². The topological polar surface area (TPSA) is 61.4 Å². The van der Waals surface area contributed by atoms with Gasteiger partial charge in [0.25, 0.3) is 0 Å². The quantitative estimate of drug-likeness (QED) is 0.748. The van der Waals surface area contributed by atoms with E-state index in [4.69, 9.17) is 0 Å². The monoisotopic (exact) mass is 373 g/mol. The zero-order valence-electron chi connectivity index (χ0n) is 15.8. The maximum Gasteiger partial charge on any atom is 0.222 e. The van der Waals surface area contributed by atoms with E-state index >= 15 is 0 Å². The molecule has 5 nitrogen and oxygen atoms in total. The van der Waals surface area contributed by atoms with Crippen LogP contribution in [-0.2, 0) is 9.59 Å². The van der Waals surface area contributed by atoms with Gasteiger partial charge in [-0.3, -0.25) is 9.59 Å². The minimum atomic E-state index is -0.326. The van der Waals surface area contributed by atoms with E-state index in [1.54, 1.807) is 11.3 Å². The van der Waals surface area contributed by atoms with Crippen molar-refractivity contribution in [3.8, 4) is 0 Å². The maximum atomic E-state index is 12.5. The Hall–Kier alpha value is -2.18. The van der Waals surface area contributed by atoms with E-state index in [-0.39, 0.29) is 30.3 Å². The molecule has 2 atom stereocenters. The van der Waals surface area contributed by atoms with Crippen molar-refractivity contribution < 1.29 is 9.59 Å². The highest BCUT2D eigenvalue weighted by Gasteiger charge is 2.20. The van der Waals surface area contributed by atoms with Gasteiger partial charge in [0.05, 0.1) is 18.5 Å². The number of carbonyl (C=O) groups excluding carboxylic acids is 2. The standard InChI is InChI=1S/C20H27N3O2S/c1-14-7-9-16(10-8-14)17(22-15(2)24)12-20(25)21-13-18(23(3)4)19-6-5-11-26-19/h5-11,17-18H,12-13H2,1-4H3,(H,21,25)(H,22,24)/t17-,18+/m1/s1. The zero-order valence-corrected chi connectivity index (χ0v) is 16.6. The fourth-order valence-electron chi connectivity index (χ4n) is 2.78. The van der Waals surface area contributed by atoms with E-state index in [0.29, 0.717) is 6.54 Å². The molecule has 2 N–H and O–H groups in total. The van der Waals surface area contributed by atoms with Crippen LogP contribution in [0.2, 0.25) is 0 Å². The predicted octanol–water partition coefficient (Wildman–Crippen LogP) is 3.04. The second-order valence-corrected chi connectivity index (χ2v) is 7.65. The van der Waals surface area contributed by atoms with Gasteiger partial charge in [0.1, 0.15) is 0 Å². The smallest absolute Gasteiger partial charge is 0.222 e. The van der Waals surface area contributed by atoms with Crippen molar-refractivity contribution in [3.05, 3.63) is 57.8 Å². The summed E-state index contributed by atoms with van der Waals surface area (Å²) in [6.07, 6.45) is 0.216. The third-order valence-corrected chi connectivity index (χ3v) is 5.21. The van der Waals surface area contributed by atoms with Crippen LogP contribution in [-0.4, -0.2) is 37.4 Å². The zero-order chi connectivity index (χ0) is 19.1. The maximum absolute atomic E-state index is 12.5. The number of nitrogens with one attached hydrogen (secondary N) is 2. The summed E-state index contributed by atoms with van der Waals surface area (Å²) in [5.74, 6) is -0.221. The average Bonchev–Trinajstić information content (AvgIpc) is 3.08. The third-order valence-electron chi connectivity index (χ3n) is 4.23. The second-order valence-electron chi connectivity index (χ2n) is 6.67. The molecule has 0 saturated carbocycles. The van der Waals surface area contributed by atoms with Gasteiger partial charge in [-0.05, 0) is 38.0 Å². The second kappa shape index (κ2) is 9.50. The Labute approximate surface area is 159 Å². The van der Waals surface area contributed by atoms with Crippen molar-refractivity contribution in [2.24, 2.45) is 0 Å². The van der Waals surface area contributed by atoms with Crippen molar-refractivity contribution in [3.63, 3.8) is 0 Å². The van der Waals surface area contributed by atoms with E-state index in [9.17, 15) is 9.59 Å². The fourth-order valence-corrected chi connectivity index (χ4v) is 3.71. The summed E-state index contributed by atoms with van der Waals surface area (Å²) in [7, 11) is 4.01. The summed E-state index contributed by atoms with van der Waals surface area (Å²) in [5.41, 5.74) is 2.08. The van der Waals surface area contributed by atoms with E-state index in [1.807, 2.05) is 56.7 Å². The average molecular weight is 374 g/mol. The molecule has 26 heavy (non-hydrogen) atoms. The highest BCUT2D eigenvalue weighted by atomic mass is 32.1. The number of carbonyl (C=O) groups is 2. The van der Waals surface area contributed by atoms with Gasteiger partial charge in [0, 0.05) is 18.3 Å². The Morgan fingerprint density at radius 3 is 2.38 bits per heavy atom. The van der Waals surface area contributed by atoms with Crippen LogP contribution < -0.4 is 10.6 Å². The van der Waals surface area contributed by atoms with E-state index in [0.717, 1.165) is 11.1 Å². The van der Waals surface area contributed by atoms with E-state index in [1.165, 1.54) is 11.8 Å². The van der Waals surface area contributed by atoms with Crippen molar-refractivity contribution in [1.29, 1.82) is 0 Å². The Kier molecular flexibility index (Phi) is 7.36. The number of nitrogens with zero attached hydrogens (tertiary/aromatic N) is 1. The number of amides is 2. The highest BCUT2D eigenvalue weighted by molar-refractivity contribution is 7.10. The molecule has 1 heterocycles. The molecule has 0 aliphatic carbocycles. The first-order chi connectivity index (χ1) is 12.4. The molecule has 6 heteroatoms. The Morgan fingerprint density at radius 2 is 1.85 bits per heavy atom. The molecule has 140 valence electrons. The SMILES string of the molecule is CC(=O)N[C@H](CC(=O)NC[C@@H](c1cccs1)N(C)C)c1ccc(C)cc1. The molecule has 1 aromatic heterocycles. The number of likely N-dealkylation sites (N-methyl/N-ethyl adjacent to an activating group) is 1. The molecule has 2 rings (SSSR count). The van der Waals surface area contributed by atoms with Crippen LogP contribution in [0.1, 0.15) is 41.4 Å². The number of thiophene rings is 1. The van der Waals surface area contributed by atoms with Crippen molar-refractivity contribution in [2.45, 2.75) is 32.4 Å². The summed E-state index contributed by atoms with van der Waals surface area (Å²) in [6.45, 7) is 4.01. The van der Waals surface area contributed by atoms with Gasteiger partial charge in [-0.2, -0.15) is 0 Å². The number of aryl methyl sites for hydroxylation is 1. The van der Waals surface area contributed by atoms with Gasteiger partial charge >= 0.3 is 0 Å². The first-order valence-corrected chi connectivity index (χ1v) is 9.55. The Morgan fingerprint density at radius 1 is 1.15 bits per heavy atom. The van der Waals surface area contributed by atoms with Crippen LogP contribution in [0.3, 0.4) is 0 Å². The first-order valence-electron chi connectivity index (χ1n) is 8.67. The molecule has 0 aliphatic rings. The Bertz CT molecular complexity index is 711. The van der Waals surface area contributed by atoms with Crippen LogP contribution in [0.25, 0.3) is 0 Å². The van der Waals surface area contributed by atoms with Gasteiger partial charge in [-0.15, -0.1) is 11.3 Å². The minimum absolute atomic E-state index is 0.0762. The molecule has 0 saturated heterocycles. The highest BCUT2D eigenvalue weighted by Crippen LogP contribution is 2.23. The molecular weight excluding hydrogens is 346 g/mol. The largest absolute Gasteiger partial charge is 0.354 e. The van der Waals surface area contributed by atoms with Gasteiger partial charge in [-0.1, -0.05) is 35.9 Å². The molecule has 0 fully saturated rings. The molecule has 2 amide bonds. The normalized spacial score (nSPS) is 13.3. The van der Waals surface area contributed by atoms with Crippen LogP contribution >= 0.6 is 11.3 Å². The van der Waals surface area contributed by atoms with Crippen LogP contribution in [0.5, 0.6) is 0 Å². The lowest BCUT2D eigenvalue weighted by molar-refractivity contribution is -0.123. The molecule has 0 aliphatic heterocycles. The number of benzene rings is 1. The lowest BCUT2D eigenvalue weighted by atomic mass is 10.0. The van der Waals surface area contributed by atoms with E-state index < -0.39 is 0 Å². The van der Waals surface area contributed by atoms with Crippen molar-refractivity contribution in [1.82, 2.24) is 15.5 Å². The van der Waals surface area contributed by atoms with Crippen LogP contribution in [0, 0.1) is 6.92 Å². The molecule has 0 spiro atoms. The fraction of sp³-hybridized carbons (Fsp3) is 0.400. The predicted molar refractivity (Wildman–Crippen MR) is 106 cm³/mol. The molecule has 1 aromatic carbocycles. The summed E-state index contributed by atoms with van der Waals surface area (Å²) < 4.78 is 0. The molecule has 0 bridgehead atoms. The van der Waals surface area contributed by atoms with E-state index in [2.05, 4.69) is 21.6 Å². The van der Waals surface area contributed by atoms with Crippen LogP contribution in [0.15, 0.2) is 41.8 Å². The Balaban J connectivity index is 2.00. The molecule has 0 unspecified atom stereocenters. The van der Waals surface area contributed by atoms with Crippen LogP contribution in [0.4, 0.5) is 0 Å². The van der Waals surface area contributed by atoms with Crippen molar-refractivity contribution in [2.75, 3.05) is 20.6 Å². The van der Waals surface area contributed by atoms with Gasteiger partial charge in [-0.25, -0.2) is 0 Å². The number of rotatable bonds is 8. The summed E-state index contributed by atoms with van der Waals surface area (Å²) in [4.78, 5) is 27.3. The number of hydrogen-bond acceptors (Lipinski definition) is 4. The molecule has 0 radical (unpaired) electrons. The lowest BCUT2D eigenvalue weighted by Gasteiger charge is -2.24. The van der Waals surface area contributed by atoms with Gasteiger partial charge in [0.2, 0.25) is 11.8 Å². The first kappa shape index (κ1) is 20.1. The molecular formula is C20H27N3O2S. The number of hydrogen-bond donors (Lipinski definition) is 2.